The first-order valence-corrected chi connectivity index (χ1v) is 7.79. The minimum atomic E-state index is 0.109. The maximum Gasteiger partial charge on any atom is 0.224 e. The summed E-state index contributed by atoms with van der Waals surface area (Å²) in [6.45, 7) is 2.36. The summed E-state index contributed by atoms with van der Waals surface area (Å²) < 4.78 is 5.16. The normalized spacial score (nSPS) is 21.4. The lowest BCUT2D eigenvalue weighted by Crippen LogP contribution is -2.49. The standard InChI is InChI=1S/C17H21N3O2/c1-22-16-6-4-13(5-7-16)14-10-20(11-14)17(21)9-15-3-2-8-19(15)12-18/h4-7,14-15H,2-3,8-11H2,1H3. The summed E-state index contributed by atoms with van der Waals surface area (Å²) in [5.74, 6) is 1.45. The number of rotatable bonds is 4. The van der Waals surface area contributed by atoms with E-state index < -0.39 is 0 Å². The van der Waals surface area contributed by atoms with Crippen LogP contribution in [0.3, 0.4) is 0 Å². The molecule has 0 aliphatic carbocycles. The molecule has 22 heavy (non-hydrogen) atoms. The average molecular weight is 299 g/mol. The van der Waals surface area contributed by atoms with Gasteiger partial charge in [-0.1, -0.05) is 12.1 Å². The van der Waals surface area contributed by atoms with Crippen molar-refractivity contribution in [2.24, 2.45) is 0 Å². The van der Waals surface area contributed by atoms with Gasteiger partial charge in [0, 0.05) is 38.0 Å². The van der Waals surface area contributed by atoms with Crippen molar-refractivity contribution < 1.29 is 9.53 Å². The molecule has 2 aliphatic rings. The molecule has 2 aliphatic heterocycles. The molecule has 0 saturated carbocycles. The third kappa shape index (κ3) is 2.87. The number of amides is 1. The fraction of sp³-hybridized carbons (Fsp3) is 0.529. The van der Waals surface area contributed by atoms with E-state index in [4.69, 9.17) is 10.00 Å². The lowest BCUT2D eigenvalue weighted by molar-refractivity contribution is -0.136. The predicted molar refractivity (Wildman–Crippen MR) is 82.3 cm³/mol. The predicted octanol–water partition coefficient (Wildman–Crippen LogP) is 1.96. The first-order chi connectivity index (χ1) is 10.7. The van der Waals surface area contributed by atoms with Gasteiger partial charge in [0.15, 0.2) is 6.19 Å². The van der Waals surface area contributed by atoms with Crippen LogP contribution in [-0.2, 0) is 4.79 Å². The molecule has 0 aromatic heterocycles. The van der Waals surface area contributed by atoms with Crippen molar-refractivity contribution in [2.75, 3.05) is 26.7 Å². The number of carbonyl (C=O) groups excluding carboxylic acids is 1. The van der Waals surface area contributed by atoms with E-state index in [0.717, 1.165) is 38.2 Å². The summed E-state index contributed by atoms with van der Waals surface area (Å²) >= 11 is 0. The number of nitriles is 1. The van der Waals surface area contributed by atoms with Gasteiger partial charge in [-0.25, -0.2) is 0 Å². The van der Waals surface area contributed by atoms with Crippen LogP contribution in [0.1, 0.15) is 30.7 Å². The molecule has 0 N–H and O–H groups in total. The summed E-state index contributed by atoms with van der Waals surface area (Å²) in [6.07, 6.45) is 4.63. The minimum absolute atomic E-state index is 0.109. The van der Waals surface area contributed by atoms with E-state index in [2.05, 4.69) is 18.3 Å². The zero-order valence-corrected chi connectivity index (χ0v) is 12.9. The molecule has 2 saturated heterocycles. The fourth-order valence-electron chi connectivity index (χ4n) is 3.28. The number of carbonyl (C=O) groups is 1. The van der Waals surface area contributed by atoms with Crippen molar-refractivity contribution >= 4 is 5.91 Å². The zero-order valence-electron chi connectivity index (χ0n) is 12.9. The SMILES string of the molecule is COc1ccc(C2CN(C(=O)CC3CCCN3C#N)C2)cc1. The quantitative estimate of drug-likeness (QED) is 0.798. The van der Waals surface area contributed by atoms with E-state index in [1.54, 1.807) is 12.0 Å². The smallest absolute Gasteiger partial charge is 0.224 e. The van der Waals surface area contributed by atoms with E-state index in [0.29, 0.717) is 12.3 Å². The molecular formula is C17H21N3O2. The highest BCUT2D eigenvalue weighted by Crippen LogP contribution is 2.30. The second-order valence-electron chi connectivity index (χ2n) is 6.06. The Balaban J connectivity index is 1.50. The molecule has 116 valence electrons. The summed E-state index contributed by atoms with van der Waals surface area (Å²) in [5, 5.41) is 9.03. The molecule has 0 bridgehead atoms. The fourth-order valence-corrected chi connectivity index (χ4v) is 3.28. The van der Waals surface area contributed by atoms with Gasteiger partial charge in [0.05, 0.1) is 7.11 Å². The highest BCUT2D eigenvalue weighted by Gasteiger charge is 2.34. The van der Waals surface area contributed by atoms with Crippen LogP contribution in [0.2, 0.25) is 0 Å². The summed E-state index contributed by atoms with van der Waals surface area (Å²) in [4.78, 5) is 15.9. The molecule has 0 spiro atoms. The third-order valence-corrected chi connectivity index (χ3v) is 4.74. The maximum atomic E-state index is 12.3. The number of hydrogen-bond donors (Lipinski definition) is 0. The van der Waals surface area contributed by atoms with Gasteiger partial charge in [-0.15, -0.1) is 0 Å². The molecular weight excluding hydrogens is 278 g/mol. The number of hydrogen-bond acceptors (Lipinski definition) is 4. The van der Waals surface area contributed by atoms with Crippen LogP contribution in [0, 0.1) is 11.5 Å². The van der Waals surface area contributed by atoms with E-state index in [-0.39, 0.29) is 11.9 Å². The molecule has 2 fully saturated rings. The van der Waals surface area contributed by atoms with Crippen molar-refractivity contribution in [3.8, 4) is 11.9 Å². The number of likely N-dealkylation sites (tertiary alicyclic amines) is 2. The largest absolute Gasteiger partial charge is 0.497 e. The molecule has 1 aromatic rings. The van der Waals surface area contributed by atoms with Crippen molar-refractivity contribution in [1.82, 2.24) is 9.80 Å². The lowest BCUT2D eigenvalue weighted by Gasteiger charge is -2.40. The number of ether oxygens (including phenoxy) is 1. The molecule has 1 unspecified atom stereocenters. The Hall–Kier alpha value is -2.22. The van der Waals surface area contributed by atoms with Crippen LogP contribution in [0.5, 0.6) is 5.75 Å². The van der Waals surface area contributed by atoms with Gasteiger partial charge in [-0.3, -0.25) is 4.79 Å². The van der Waals surface area contributed by atoms with Gasteiger partial charge in [0.2, 0.25) is 5.91 Å². The van der Waals surface area contributed by atoms with Gasteiger partial charge >= 0.3 is 0 Å². The topological polar surface area (TPSA) is 56.6 Å². The van der Waals surface area contributed by atoms with Crippen LogP contribution < -0.4 is 4.74 Å². The second-order valence-corrected chi connectivity index (χ2v) is 6.06. The van der Waals surface area contributed by atoms with Gasteiger partial charge in [0.1, 0.15) is 5.75 Å². The highest BCUT2D eigenvalue weighted by molar-refractivity contribution is 5.78. The van der Waals surface area contributed by atoms with Gasteiger partial charge in [-0.05, 0) is 30.5 Å². The maximum absolute atomic E-state index is 12.3. The Morgan fingerprint density at radius 2 is 2.09 bits per heavy atom. The van der Waals surface area contributed by atoms with Crippen LogP contribution in [0.25, 0.3) is 0 Å². The highest BCUT2D eigenvalue weighted by atomic mass is 16.5. The molecule has 5 nitrogen and oxygen atoms in total. The van der Waals surface area contributed by atoms with Crippen molar-refractivity contribution in [2.45, 2.75) is 31.2 Å². The first-order valence-electron chi connectivity index (χ1n) is 7.79. The number of benzene rings is 1. The number of methoxy groups -OCH3 is 1. The molecule has 1 atom stereocenters. The Labute approximate surface area is 131 Å². The Morgan fingerprint density at radius 3 is 2.73 bits per heavy atom. The monoisotopic (exact) mass is 299 g/mol. The van der Waals surface area contributed by atoms with Crippen molar-refractivity contribution in [3.05, 3.63) is 29.8 Å². The Morgan fingerprint density at radius 1 is 1.36 bits per heavy atom. The van der Waals surface area contributed by atoms with E-state index in [1.807, 2.05) is 17.0 Å². The van der Waals surface area contributed by atoms with Crippen molar-refractivity contribution in [3.63, 3.8) is 0 Å². The number of nitrogens with zero attached hydrogens (tertiary/aromatic N) is 3. The summed E-state index contributed by atoms with van der Waals surface area (Å²) in [7, 11) is 1.66. The molecule has 5 heteroatoms. The van der Waals surface area contributed by atoms with E-state index in [1.165, 1.54) is 5.56 Å². The average Bonchev–Trinajstić information content (AvgIpc) is 2.93. The molecule has 0 radical (unpaired) electrons. The van der Waals surface area contributed by atoms with Gasteiger partial charge < -0.3 is 14.5 Å². The molecule has 3 rings (SSSR count). The second kappa shape index (κ2) is 6.27. The zero-order chi connectivity index (χ0) is 15.5. The van der Waals surface area contributed by atoms with Crippen LogP contribution in [0.15, 0.2) is 24.3 Å². The summed E-state index contributed by atoms with van der Waals surface area (Å²) in [5.41, 5.74) is 1.25. The Bertz CT molecular complexity index is 573. The third-order valence-electron chi connectivity index (χ3n) is 4.74. The van der Waals surface area contributed by atoms with E-state index in [9.17, 15) is 4.79 Å². The van der Waals surface area contributed by atoms with Crippen LogP contribution in [0.4, 0.5) is 0 Å². The lowest BCUT2D eigenvalue weighted by atomic mass is 9.91. The van der Waals surface area contributed by atoms with Crippen molar-refractivity contribution in [1.29, 1.82) is 5.26 Å². The summed E-state index contributed by atoms with van der Waals surface area (Å²) in [6, 6.07) is 8.17. The molecule has 1 amide bonds. The first kappa shape index (κ1) is 14.7. The van der Waals surface area contributed by atoms with Gasteiger partial charge in [0.25, 0.3) is 0 Å². The van der Waals surface area contributed by atoms with Gasteiger partial charge in [-0.2, -0.15) is 5.26 Å². The van der Waals surface area contributed by atoms with E-state index >= 15 is 0 Å². The van der Waals surface area contributed by atoms with Crippen LogP contribution in [-0.4, -0.2) is 48.5 Å². The molecule has 1 aromatic carbocycles. The molecule has 2 heterocycles. The minimum Gasteiger partial charge on any atom is -0.497 e. The Kier molecular flexibility index (Phi) is 4.19. The van der Waals surface area contributed by atoms with Crippen LogP contribution >= 0.6 is 0 Å².